The number of nitrogens with zero attached hydrogens (tertiary/aromatic N) is 1. The van der Waals surface area contributed by atoms with Gasteiger partial charge in [0.1, 0.15) is 19.3 Å². The molecule has 25 heavy (non-hydrogen) atoms. The van der Waals surface area contributed by atoms with E-state index in [0.717, 1.165) is 29.3 Å². The first-order chi connectivity index (χ1) is 12.1. The Morgan fingerprint density at radius 3 is 2.76 bits per heavy atom. The summed E-state index contributed by atoms with van der Waals surface area (Å²) in [5, 5.41) is 3.29. The van der Waals surface area contributed by atoms with Gasteiger partial charge in [0, 0.05) is 23.5 Å². The van der Waals surface area contributed by atoms with Crippen LogP contribution in [-0.4, -0.2) is 31.2 Å². The van der Waals surface area contributed by atoms with Crippen molar-refractivity contribution in [2.45, 2.75) is 32.4 Å². The number of carbonyl (C=O) groups is 1. The first-order valence-electron chi connectivity index (χ1n) is 8.70. The van der Waals surface area contributed by atoms with E-state index in [1.54, 1.807) is 0 Å². The molecule has 2 aromatic rings. The highest BCUT2D eigenvalue weighted by atomic mass is 16.6. The molecular weight excluding hydrogens is 316 g/mol. The molecule has 0 spiro atoms. The molecule has 1 amide bonds. The fourth-order valence-corrected chi connectivity index (χ4v) is 3.55. The highest BCUT2D eigenvalue weighted by molar-refractivity contribution is 6.00. The number of para-hydroxylation sites is 1. The zero-order valence-corrected chi connectivity index (χ0v) is 14.5. The van der Waals surface area contributed by atoms with Crippen LogP contribution in [0.2, 0.25) is 0 Å². The van der Waals surface area contributed by atoms with Crippen LogP contribution >= 0.6 is 0 Å². The van der Waals surface area contributed by atoms with Crippen LogP contribution in [-0.2, 0) is 11.2 Å². The van der Waals surface area contributed by atoms with Crippen LogP contribution in [0.25, 0.3) is 0 Å². The van der Waals surface area contributed by atoms with Gasteiger partial charge >= 0.3 is 0 Å². The second-order valence-electron chi connectivity index (χ2n) is 6.61. The molecule has 2 atom stereocenters. The first kappa shape index (κ1) is 15.8. The van der Waals surface area contributed by atoms with Crippen LogP contribution in [0.1, 0.15) is 19.4 Å². The van der Waals surface area contributed by atoms with Gasteiger partial charge in [0.15, 0.2) is 11.5 Å². The average Bonchev–Trinajstić information content (AvgIpc) is 2.96. The van der Waals surface area contributed by atoms with Crippen LogP contribution in [0.15, 0.2) is 42.5 Å². The third-order valence-corrected chi connectivity index (χ3v) is 4.74. The lowest BCUT2D eigenvalue weighted by molar-refractivity contribution is -0.119. The largest absolute Gasteiger partial charge is 0.486 e. The highest BCUT2D eigenvalue weighted by Crippen LogP contribution is 2.34. The van der Waals surface area contributed by atoms with E-state index >= 15 is 0 Å². The van der Waals surface area contributed by atoms with E-state index in [9.17, 15) is 4.79 Å². The Morgan fingerprint density at radius 1 is 1.16 bits per heavy atom. The molecule has 0 fully saturated rings. The maximum absolute atomic E-state index is 13.0. The fourth-order valence-electron chi connectivity index (χ4n) is 3.55. The predicted molar refractivity (Wildman–Crippen MR) is 97.6 cm³/mol. The van der Waals surface area contributed by atoms with E-state index in [2.05, 4.69) is 18.3 Å². The molecule has 0 bridgehead atoms. The van der Waals surface area contributed by atoms with Gasteiger partial charge in [-0.3, -0.25) is 4.79 Å². The summed E-state index contributed by atoms with van der Waals surface area (Å²) < 4.78 is 11.1. The maximum Gasteiger partial charge on any atom is 0.249 e. The van der Waals surface area contributed by atoms with Gasteiger partial charge in [-0.2, -0.15) is 0 Å². The summed E-state index contributed by atoms with van der Waals surface area (Å²) in [6.45, 7) is 5.11. The topological polar surface area (TPSA) is 50.8 Å². The Kier molecular flexibility index (Phi) is 3.99. The molecule has 0 aliphatic carbocycles. The molecule has 0 saturated carbocycles. The summed E-state index contributed by atoms with van der Waals surface area (Å²) in [7, 11) is 0. The molecule has 0 aromatic heterocycles. The SMILES string of the molecule is C[C@H](Nc1ccc2c(c1)OCCO2)C(=O)N1c2ccccc2C[C@H]1C. The Bertz CT molecular complexity index is 805. The Labute approximate surface area is 147 Å². The number of nitrogens with one attached hydrogen (secondary N) is 1. The van der Waals surface area contributed by atoms with E-state index in [0.29, 0.717) is 13.2 Å². The minimum atomic E-state index is -0.337. The smallest absolute Gasteiger partial charge is 0.249 e. The van der Waals surface area contributed by atoms with E-state index in [4.69, 9.17) is 9.47 Å². The molecule has 2 aliphatic rings. The van der Waals surface area contributed by atoms with Gasteiger partial charge in [-0.05, 0) is 44.0 Å². The molecule has 2 heterocycles. The van der Waals surface area contributed by atoms with E-state index in [-0.39, 0.29) is 18.0 Å². The minimum absolute atomic E-state index is 0.0762. The molecular formula is C20H22N2O3. The molecule has 0 unspecified atom stereocenters. The Balaban J connectivity index is 1.51. The molecule has 5 heteroatoms. The summed E-state index contributed by atoms with van der Waals surface area (Å²) in [6, 6.07) is 13.6. The summed E-state index contributed by atoms with van der Waals surface area (Å²) in [5.74, 6) is 1.54. The molecule has 5 nitrogen and oxygen atoms in total. The average molecular weight is 338 g/mol. The van der Waals surface area contributed by atoms with Crippen LogP contribution in [0.3, 0.4) is 0 Å². The van der Waals surface area contributed by atoms with Gasteiger partial charge in [-0.25, -0.2) is 0 Å². The second-order valence-corrected chi connectivity index (χ2v) is 6.61. The van der Waals surface area contributed by atoms with Crippen molar-refractivity contribution in [3.8, 4) is 11.5 Å². The van der Waals surface area contributed by atoms with Crippen molar-refractivity contribution in [1.29, 1.82) is 0 Å². The van der Waals surface area contributed by atoms with Gasteiger partial charge in [0.25, 0.3) is 0 Å². The normalized spacial score (nSPS) is 19.3. The zero-order chi connectivity index (χ0) is 17.4. The number of fused-ring (bicyclic) bond motifs is 2. The second kappa shape index (κ2) is 6.31. The van der Waals surface area contributed by atoms with Crippen molar-refractivity contribution >= 4 is 17.3 Å². The molecule has 2 aliphatic heterocycles. The lowest BCUT2D eigenvalue weighted by atomic mass is 10.1. The number of hydrogen-bond donors (Lipinski definition) is 1. The standard InChI is InChI=1S/C20H22N2O3/c1-13-11-15-5-3-4-6-17(15)22(13)20(23)14(2)21-16-7-8-18-19(12-16)25-10-9-24-18/h3-8,12-14,21H,9-11H2,1-2H3/t13-,14+/m1/s1. The van der Waals surface area contributed by atoms with Gasteiger partial charge in [0.2, 0.25) is 5.91 Å². The lowest BCUT2D eigenvalue weighted by Crippen LogP contribution is -2.44. The van der Waals surface area contributed by atoms with Crippen molar-refractivity contribution in [3.63, 3.8) is 0 Å². The zero-order valence-electron chi connectivity index (χ0n) is 14.5. The number of amides is 1. The molecule has 1 N–H and O–H groups in total. The molecule has 130 valence electrons. The molecule has 2 aromatic carbocycles. The molecule has 4 rings (SSSR count). The number of ether oxygens (including phenoxy) is 2. The number of anilines is 2. The van der Waals surface area contributed by atoms with Crippen LogP contribution in [0, 0.1) is 0 Å². The third kappa shape index (κ3) is 2.90. The number of carbonyl (C=O) groups excluding carboxylic acids is 1. The minimum Gasteiger partial charge on any atom is -0.486 e. The molecule has 0 saturated heterocycles. The van der Waals surface area contributed by atoms with Crippen molar-refractivity contribution in [2.24, 2.45) is 0 Å². The van der Waals surface area contributed by atoms with Crippen molar-refractivity contribution in [3.05, 3.63) is 48.0 Å². The number of hydrogen-bond acceptors (Lipinski definition) is 4. The van der Waals surface area contributed by atoms with Crippen molar-refractivity contribution < 1.29 is 14.3 Å². The first-order valence-corrected chi connectivity index (χ1v) is 8.70. The van der Waals surface area contributed by atoms with E-state index in [1.165, 1.54) is 5.56 Å². The third-order valence-electron chi connectivity index (χ3n) is 4.74. The van der Waals surface area contributed by atoms with Crippen LogP contribution in [0.5, 0.6) is 11.5 Å². The number of benzene rings is 2. The summed E-state index contributed by atoms with van der Waals surface area (Å²) >= 11 is 0. The Hall–Kier alpha value is -2.69. The van der Waals surface area contributed by atoms with Gasteiger partial charge in [-0.15, -0.1) is 0 Å². The summed E-state index contributed by atoms with van der Waals surface area (Å²) in [5.41, 5.74) is 3.11. The monoisotopic (exact) mass is 338 g/mol. The van der Waals surface area contributed by atoms with Gasteiger partial charge in [0.05, 0.1) is 0 Å². The highest BCUT2D eigenvalue weighted by Gasteiger charge is 2.33. The fraction of sp³-hybridized carbons (Fsp3) is 0.350. The van der Waals surface area contributed by atoms with Crippen LogP contribution < -0.4 is 19.7 Å². The van der Waals surface area contributed by atoms with E-state index in [1.807, 2.05) is 48.2 Å². The maximum atomic E-state index is 13.0. The predicted octanol–water partition coefficient (Wildman–Crippen LogP) is 3.24. The van der Waals surface area contributed by atoms with Gasteiger partial charge < -0.3 is 19.7 Å². The quantitative estimate of drug-likeness (QED) is 0.933. The van der Waals surface area contributed by atoms with Gasteiger partial charge in [-0.1, -0.05) is 18.2 Å². The summed E-state index contributed by atoms with van der Waals surface area (Å²) in [4.78, 5) is 14.9. The summed E-state index contributed by atoms with van der Waals surface area (Å²) in [6.07, 6.45) is 0.901. The number of rotatable bonds is 3. The Morgan fingerprint density at radius 2 is 1.92 bits per heavy atom. The van der Waals surface area contributed by atoms with Crippen LogP contribution in [0.4, 0.5) is 11.4 Å². The van der Waals surface area contributed by atoms with Crippen molar-refractivity contribution in [2.75, 3.05) is 23.4 Å². The lowest BCUT2D eigenvalue weighted by Gasteiger charge is -2.27. The molecule has 0 radical (unpaired) electrons. The van der Waals surface area contributed by atoms with E-state index < -0.39 is 0 Å². The van der Waals surface area contributed by atoms with Crippen molar-refractivity contribution in [1.82, 2.24) is 0 Å².